The zero-order valence-corrected chi connectivity index (χ0v) is 12.2. The average Bonchev–Trinajstić information content (AvgIpc) is 2.35. The van der Waals surface area contributed by atoms with Crippen LogP contribution in [-0.4, -0.2) is 18.6 Å². The second-order valence-corrected chi connectivity index (χ2v) is 5.68. The maximum atomic E-state index is 12.1. The van der Waals surface area contributed by atoms with Gasteiger partial charge in [-0.05, 0) is 24.0 Å². The topological polar surface area (TPSA) is 64.3 Å². The van der Waals surface area contributed by atoms with Crippen LogP contribution in [0.25, 0.3) is 0 Å². The van der Waals surface area contributed by atoms with Crippen LogP contribution in [0.1, 0.15) is 34.1 Å². The first-order chi connectivity index (χ1) is 8.86. The highest BCUT2D eigenvalue weighted by atomic mass is 16.5. The molecular weight excluding hydrogens is 240 g/mol. The Morgan fingerprint density at radius 2 is 2.00 bits per heavy atom. The molecule has 0 aliphatic heterocycles. The molecule has 1 unspecified atom stereocenters. The van der Waals surface area contributed by atoms with E-state index in [1.165, 1.54) is 0 Å². The van der Waals surface area contributed by atoms with E-state index < -0.39 is 6.04 Å². The second kappa shape index (κ2) is 6.57. The molecule has 0 radical (unpaired) electrons. The van der Waals surface area contributed by atoms with Crippen LogP contribution < -0.4 is 15.8 Å². The molecule has 0 heterocycles. The van der Waals surface area contributed by atoms with Crippen molar-refractivity contribution >= 4 is 11.6 Å². The quantitative estimate of drug-likeness (QED) is 0.859. The fraction of sp³-hybridized carbons (Fsp3) is 0.533. The Morgan fingerprint density at radius 1 is 1.37 bits per heavy atom. The lowest BCUT2D eigenvalue weighted by Gasteiger charge is -2.26. The number of carbonyl (C=O) groups excluding carboxylic acids is 1. The van der Waals surface area contributed by atoms with Gasteiger partial charge in [-0.15, -0.1) is 0 Å². The Morgan fingerprint density at radius 3 is 2.58 bits per heavy atom. The molecule has 0 saturated heterocycles. The van der Waals surface area contributed by atoms with Crippen molar-refractivity contribution in [1.82, 2.24) is 0 Å². The van der Waals surface area contributed by atoms with Crippen molar-refractivity contribution in [2.45, 2.75) is 40.2 Å². The summed E-state index contributed by atoms with van der Waals surface area (Å²) >= 11 is 0. The summed E-state index contributed by atoms with van der Waals surface area (Å²) in [5, 5.41) is 2.84. The summed E-state index contributed by atoms with van der Waals surface area (Å²) in [6.07, 6.45) is 0.920. The molecule has 0 spiro atoms. The molecule has 0 aliphatic carbocycles. The monoisotopic (exact) mass is 264 g/mol. The molecule has 4 heteroatoms. The first-order valence-electron chi connectivity index (χ1n) is 6.64. The van der Waals surface area contributed by atoms with Gasteiger partial charge in [-0.1, -0.05) is 39.8 Å². The number of rotatable bonds is 5. The number of carbonyl (C=O) groups is 1. The lowest BCUT2D eigenvalue weighted by Crippen LogP contribution is -2.45. The third-order valence-corrected chi connectivity index (χ3v) is 2.82. The number of para-hydroxylation sites is 2. The summed E-state index contributed by atoms with van der Waals surface area (Å²) in [4.78, 5) is 12.1. The Balaban J connectivity index is 2.79. The molecule has 0 fully saturated rings. The van der Waals surface area contributed by atoms with Crippen molar-refractivity contribution < 1.29 is 9.53 Å². The second-order valence-electron chi connectivity index (χ2n) is 5.68. The zero-order valence-electron chi connectivity index (χ0n) is 12.2. The van der Waals surface area contributed by atoms with Crippen LogP contribution in [0.2, 0.25) is 0 Å². The maximum Gasteiger partial charge on any atom is 0.241 e. The average molecular weight is 264 g/mol. The van der Waals surface area contributed by atoms with Crippen LogP contribution in [0.4, 0.5) is 5.69 Å². The largest absolute Gasteiger partial charge is 0.491 e. The zero-order chi connectivity index (χ0) is 14.5. The first-order valence-corrected chi connectivity index (χ1v) is 6.64. The fourth-order valence-electron chi connectivity index (χ4n) is 1.51. The number of amides is 1. The normalized spacial score (nSPS) is 12.9. The van der Waals surface area contributed by atoms with Crippen molar-refractivity contribution in [3.05, 3.63) is 24.3 Å². The molecule has 19 heavy (non-hydrogen) atoms. The smallest absolute Gasteiger partial charge is 0.241 e. The van der Waals surface area contributed by atoms with Crippen LogP contribution in [0.15, 0.2) is 24.3 Å². The summed E-state index contributed by atoms with van der Waals surface area (Å²) in [5.74, 6) is 0.485. The summed E-state index contributed by atoms with van der Waals surface area (Å²) < 4.78 is 5.60. The number of hydrogen-bond acceptors (Lipinski definition) is 3. The van der Waals surface area contributed by atoms with Crippen molar-refractivity contribution in [3.8, 4) is 5.75 Å². The standard InChI is InChI=1S/C15H24N2O2/c1-5-10-19-12-9-7-6-8-11(12)17-14(18)13(16)15(2,3)4/h6-9,13H,5,10,16H2,1-4H3,(H,17,18). The van der Waals surface area contributed by atoms with Crippen LogP contribution in [-0.2, 0) is 4.79 Å². The number of nitrogens with two attached hydrogens (primary N) is 1. The first kappa shape index (κ1) is 15.5. The Labute approximate surface area is 115 Å². The molecule has 0 aromatic heterocycles. The van der Waals surface area contributed by atoms with E-state index in [2.05, 4.69) is 5.32 Å². The van der Waals surface area contributed by atoms with Gasteiger partial charge in [0.1, 0.15) is 5.75 Å². The predicted octanol–water partition coefficient (Wildman–Crippen LogP) is 2.79. The molecule has 1 amide bonds. The number of ether oxygens (including phenoxy) is 1. The van der Waals surface area contributed by atoms with Gasteiger partial charge in [-0.25, -0.2) is 0 Å². The molecule has 1 aromatic rings. The minimum absolute atomic E-state index is 0.194. The Kier molecular flexibility index (Phi) is 5.36. The van der Waals surface area contributed by atoms with E-state index in [1.54, 1.807) is 0 Å². The van der Waals surface area contributed by atoms with Crippen molar-refractivity contribution in [2.24, 2.45) is 11.1 Å². The molecule has 1 atom stereocenters. The maximum absolute atomic E-state index is 12.1. The Bertz CT molecular complexity index is 424. The van der Waals surface area contributed by atoms with E-state index in [0.29, 0.717) is 18.0 Å². The molecule has 1 rings (SSSR count). The van der Waals surface area contributed by atoms with Gasteiger partial charge in [0.05, 0.1) is 18.3 Å². The molecule has 4 nitrogen and oxygen atoms in total. The third-order valence-electron chi connectivity index (χ3n) is 2.82. The van der Waals surface area contributed by atoms with Crippen LogP contribution in [0, 0.1) is 5.41 Å². The van der Waals surface area contributed by atoms with Crippen LogP contribution >= 0.6 is 0 Å². The molecule has 1 aromatic carbocycles. The van der Waals surface area contributed by atoms with Gasteiger partial charge in [0.25, 0.3) is 0 Å². The van der Waals surface area contributed by atoms with Gasteiger partial charge >= 0.3 is 0 Å². The summed E-state index contributed by atoms with van der Waals surface area (Å²) in [6, 6.07) is 6.83. The van der Waals surface area contributed by atoms with Gasteiger partial charge < -0.3 is 15.8 Å². The van der Waals surface area contributed by atoms with Gasteiger partial charge in [-0.3, -0.25) is 4.79 Å². The van der Waals surface area contributed by atoms with Crippen LogP contribution in [0.3, 0.4) is 0 Å². The molecule has 0 aliphatic rings. The molecule has 0 saturated carbocycles. The van der Waals surface area contributed by atoms with Crippen molar-refractivity contribution in [1.29, 1.82) is 0 Å². The SMILES string of the molecule is CCCOc1ccccc1NC(=O)C(N)C(C)(C)C. The summed E-state index contributed by atoms with van der Waals surface area (Å²) in [6.45, 7) is 8.49. The van der Waals surface area contributed by atoms with E-state index in [9.17, 15) is 4.79 Å². The van der Waals surface area contributed by atoms with Gasteiger partial charge in [0.15, 0.2) is 0 Å². The predicted molar refractivity (Wildman–Crippen MR) is 78.3 cm³/mol. The summed E-state index contributed by atoms with van der Waals surface area (Å²) in [7, 11) is 0. The molecular formula is C15H24N2O2. The minimum atomic E-state index is -0.563. The van der Waals surface area contributed by atoms with E-state index in [-0.39, 0.29) is 11.3 Å². The fourth-order valence-corrected chi connectivity index (χ4v) is 1.51. The minimum Gasteiger partial charge on any atom is -0.491 e. The van der Waals surface area contributed by atoms with E-state index in [4.69, 9.17) is 10.5 Å². The number of benzene rings is 1. The van der Waals surface area contributed by atoms with Gasteiger partial charge in [0.2, 0.25) is 5.91 Å². The van der Waals surface area contributed by atoms with Gasteiger partial charge in [0, 0.05) is 0 Å². The lowest BCUT2D eigenvalue weighted by atomic mass is 9.87. The molecule has 106 valence electrons. The van der Waals surface area contributed by atoms with Gasteiger partial charge in [-0.2, -0.15) is 0 Å². The highest BCUT2D eigenvalue weighted by Gasteiger charge is 2.27. The highest BCUT2D eigenvalue weighted by molar-refractivity contribution is 5.96. The molecule has 3 N–H and O–H groups in total. The van der Waals surface area contributed by atoms with Crippen LogP contribution in [0.5, 0.6) is 5.75 Å². The third kappa shape index (κ3) is 4.56. The number of nitrogens with one attached hydrogen (secondary N) is 1. The van der Waals surface area contributed by atoms with E-state index >= 15 is 0 Å². The van der Waals surface area contributed by atoms with Crippen molar-refractivity contribution in [3.63, 3.8) is 0 Å². The van der Waals surface area contributed by atoms with E-state index in [0.717, 1.165) is 6.42 Å². The number of anilines is 1. The summed E-state index contributed by atoms with van der Waals surface area (Å²) in [5.41, 5.74) is 6.33. The number of hydrogen-bond donors (Lipinski definition) is 2. The van der Waals surface area contributed by atoms with Crippen molar-refractivity contribution in [2.75, 3.05) is 11.9 Å². The molecule has 0 bridgehead atoms. The Hall–Kier alpha value is -1.55. The lowest BCUT2D eigenvalue weighted by molar-refractivity contribution is -0.119. The van der Waals surface area contributed by atoms with E-state index in [1.807, 2.05) is 52.0 Å². The highest BCUT2D eigenvalue weighted by Crippen LogP contribution is 2.25.